The molecular weight excluding hydrogens is 389 g/mol. The topological polar surface area (TPSA) is 91.8 Å². The van der Waals surface area contributed by atoms with E-state index in [1.807, 2.05) is 13.8 Å². The molecule has 3 heterocycles. The van der Waals surface area contributed by atoms with Crippen molar-refractivity contribution in [1.29, 1.82) is 0 Å². The zero-order valence-corrected chi connectivity index (χ0v) is 17.9. The fourth-order valence-electron chi connectivity index (χ4n) is 3.76. The Morgan fingerprint density at radius 3 is 2.70 bits per heavy atom. The first kappa shape index (κ1) is 23.5. The molecule has 1 aliphatic heterocycles. The molecule has 7 nitrogen and oxygen atoms in total. The van der Waals surface area contributed by atoms with Crippen molar-refractivity contribution in [3.05, 3.63) is 27.2 Å². The third-order valence-corrected chi connectivity index (χ3v) is 5.31. The Balaban J connectivity index is 0.00000182. The van der Waals surface area contributed by atoms with Crippen molar-refractivity contribution in [2.24, 2.45) is 13.0 Å². The number of amides is 1. The standard InChI is InChI=1S/C18H27N5O2.2ClH/c1-10-9-19-8-7-14(10)21-15(24)6-5-13-11(2)16-17(20-12(13)3)23(4)22-18(16)25;;/h10,14,19H,5-9H2,1-4H3,(H,21,24)(H,22,25);2*1H. The van der Waals surface area contributed by atoms with Crippen molar-refractivity contribution >= 4 is 41.8 Å². The Bertz CT molecular complexity index is 862. The van der Waals surface area contributed by atoms with Gasteiger partial charge in [-0.15, -0.1) is 24.8 Å². The van der Waals surface area contributed by atoms with Gasteiger partial charge in [0, 0.05) is 25.2 Å². The lowest BCUT2D eigenvalue weighted by Crippen LogP contribution is -2.48. The maximum atomic E-state index is 12.4. The van der Waals surface area contributed by atoms with Crippen LogP contribution in [-0.4, -0.2) is 39.8 Å². The van der Waals surface area contributed by atoms with Crippen LogP contribution in [0.3, 0.4) is 0 Å². The molecule has 2 aromatic rings. The lowest BCUT2D eigenvalue weighted by Gasteiger charge is -2.30. The molecule has 0 saturated carbocycles. The van der Waals surface area contributed by atoms with Gasteiger partial charge in [-0.2, -0.15) is 0 Å². The first-order valence-electron chi connectivity index (χ1n) is 8.93. The fourth-order valence-corrected chi connectivity index (χ4v) is 3.76. The maximum Gasteiger partial charge on any atom is 0.273 e. The summed E-state index contributed by atoms with van der Waals surface area (Å²) < 4.78 is 1.65. The first-order chi connectivity index (χ1) is 11.9. The van der Waals surface area contributed by atoms with Gasteiger partial charge >= 0.3 is 0 Å². The highest BCUT2D eigenvalue weighted by Gasteiger charge is 2.23. The van der Waals surface area contributed by atoms with E-state index in [0.29, 0.717) is 29.8 Å². The van der Waals surface area contributed by atoms with Gasteiger partial charge < -0.3 is 10.6 Å². The minimum atomic E-state index is -0.128. The van der Waals surface area contributed by atoms with E-state index in [1.54, 1.807) is 11.7 Å². The van der Waals surface area contributed by atoms with Gasteiger partial charge in [0.2, 0.25) is 5.91 Å². The molecule has 2 atom stereocenters. The number of carbonyl (C=O) groups excluding carboxylic acids is 1. The Labute approximate surface area is 171 Å². The Kier molecular flexibility index (Phi) is 8.32. The highest BCUT2D eigenvalue weighted by Crippen LogP contribution is 2.21. The van der Waals surface area contributed by atoms with Gasteiger partial charge in [-0.3, -0.25) is 19.4 Å². The monoisotopic (exact) mass is 417 g/mol. The van der Waals surface area contributed by atoms with E-state index in [4.69, 9.17) is 0 Å². The summed E-state index contributed by atoms with van der Waals surface area (Å²) >= 11 is 0. The third-order valence-electron chi connectivity index (χ3n) is 5.31. The normalized spacial score (nSPS) is 19.3. The number of halogens is 2. The minimum Gasteiger partial charge on any atom is -0.353 e. The summed E-state index contributed by atoms with van der Waals surface area (Å²) in [7, 11) is 1.78. The van der Waals surface area contributed by atoms with Crippen LogP contribution in [0, 0.1) is 19.8 Å². The molecule has 0 aromatic carbocycles. The number of nitrogens with zero attached hydrogens (tertiary/aromatic N) is 2. The van der Waals surface area contributed by atoms with Gasteiger partial charge in [-0.25, -0.2) is 4.98 Å². The highest BCUT2D eigenvalue weighted by atomic mass is 35.5. The number of carbonyl (C=O) groups is 1. The quantitative estimate of drug-likeness (QED) is 0.706. The lowest BCUT2D eigenvalue weighted by atomic mass is 9.95. The Hall–Kier alpha value is -1.57. The number of rotatable bonds is 4. The number of nitrogens with one attached hydrogen (secondary N) is 3. The van der Waals surface area contributed by atoms with Crippen molar-refractivity contribution in [3.63, 3.8) is 0 Å². The molecular formula is C18H29Cl2N5O2. The molecule has 1 aliphatic rings. The number of aromatic nitrogens is 3. The second-order valence-electron chi connectivity index (χ2n) is 7.14. The van der Waals surface area contributed by atoms with E-state index < -0.39 is 0 Å². The van der Waals surface area contributed by atoms with E-state index in [9.17, 15) is 9.59 Å². The lowest BCUT2D eigenvalue weighted by molar-refractivity contribution is -0.122. The van der Waals surface area contributed by atoms with Gasteiger partial charge in [0.25, 0.3) is 5.56 Å². The molecule has 0 radical (unpaired) electrons. The number of aryl methyl sites for hydroxylation is 3. The van der Waals surface area contributed by atoms with Crippen LogP contribution >= 0.6 is 24.8 Å². The Morgan fingerprint density at radius 1 is 1.33 bits per heavy atom. The van der Waals surface area contributed by atoms with Crippen LogP contribution in [0.1, 0.15) is 36.6 Å². The van der Waals surface area contributed by atoms with Crippen LogP contribution in [-0.2, 0) is 18.3 Å². The number of piperidine rings is 1. The first-order valence-corrected chi connectivity index (χ1v) is 8.93. The molecule has 0 aliphatic carbocycles. The average molecular weight is 418 g/mol. The number of fused-ring (bicyclic) bond motifs is 1. The molecule has 1 amide bonds. The molecule has 9 heteroatoms. The summed E-state index contributed by atoms with van der Waals surface area (Å²) in [6, 6.07) is 0.244. The highest BCUT2D eigenvalue weighted by molar-refractivity contribution is 5.85. The van der Waals surface area contributed by atoms with Crippen LogP contribution in [0.5, 0.6) is 0 Å². The molecule has 2 unspecified atom stereocenters. The van der Waals surface area contributed by atoms with Crippen LogP contribution in [0.15, 0.2) is 4.79 Å². The SMILES string of the molecule is Cc1nc2c(c(C)c1CCC(=O)NC1CCNCC1C)c(=O)[nH]n2C.Cl.Cl. The molecule has 0 spiro atoms. The second-order valence-corrected chi connectivity index (χ2v) is 7.14. The minimum absolute atomic E-state index is 0. The predicted molar refractivity (Wildman–Crippen MR) is 112 cm³/mol. The number of H-pyrrole nitrogens is 1. The summed E-state index contributed by atoms with van der Waals surface area (Å²) in [5.74, 6) is 0.515. The smallest absolute Gasteiger partial charge is 0.273 e. The van der Waals surface area contributed by atoms with Gasteiger partial charge in [0.1, 0.15) is 0 Å². The number of hydrogen-bond acceptors (Lipinski definition) is 4. The van der Waals surface area contributed by atoms with E-state index >= 15 is 0 Å². The predicted octanol–water partition coefficient (Wildman–Crippen LogP) is 1.77. The Morgan fingerprint density at radius 2 is 2.04 bits per heavy atom. The van der Waals surface area contributed by atoms with Crippen molar-refractivity contribution < 1.29 is 4.79 Å². The van der Waals surface area contributed by atoms with E-state index in [2.05, 4.69) is 27.6 Å². The van der Waals surface area contributed by atoms with Crippen molar-refractivity contribution in [3.8, 4) is 0 Å². The van der Waals surface area contributed by atoms with Crippen LogP contribution in [0.4, 0.5) is 0 Å². The van der Waals surface area contributed by atoms with E-state index in [1.165, 1.54) is 0 Å². The molecule has 3 rings (SSSR count). The van der Waals surface area contributed by atoms with Crippen LogP contribution in [0.25, 0.3) is 11.0 Å². The van der Waals surface area contributed by atoms with Gasteiger partial charge in [-0.05, 0) is 56.8 Å². The summed E-state index contributed by atoms with van der Waals surface area (Å²) in [6.07, 6.45) is 1.98. The summed E-state index contributed by atoms with van der Waals surface area (Å²) in [5.41, 5.74) is 3.33. The third kappa shape index (κ3) is 4.83. The number of aromatic amines is 1. The second kappa shape index (κ2) is 9.57. The molecule has 2 aromatic heterocycles. The molecule has 3 N–H and O–H groups in total. The van der Waals surface area contributed by atoms with Gasteiger partial charge in [-0.1, -0.05) is 6.92 Å². The van der Waals surface area contributed by atoms with Crippen molar-refractivity contribution in [2.45, 2.75) is 46.1 Å². The molecule has 152 valence electrons. The summed E-state index contributed by atoms with van der Waals surface area (Å²) in [4.78, 5) is 29.0. The fraction of sp³-hybridized carbons (Fsp3) is 0.611. The average Bonchev–Trinajstić information content (AvgIpc) is 2.83. The molecule has 27 heavy (non-hydrogen) atoms. The van der Waals surface area contributed by atoms with Crippen molar-refractivity contribution in [2.75, 3.05) is 13.1 Å². The van der Waals surface area contributed by atoms with Gasteiger partial charge in [0.15, 0.2) is 5.65 Å². The summed E-state index contributed by atoms with van der Waals surface area (Å²) in [5, 5.41) is 9.87. The molecule has 1 saturated heterocycles. The maximum absolute atomic E-state index is 12.4. The molecule has 0 bridgehead atoms. The van der Waals surface area contributed by atoms with Crippen molar-refractivity contribution in [1.82, 2.24) is 25.4 Å². The zero-order chi connectivity index (χ0) is 18.1. The van der Waals surface area contributed by atoms with E-state index in [0.717, 1.165) is 36.3 Å². The number of pyridine rings is 1. The van der Waals surface area contributed by atoms with Crippen LogP contribution in [0.2, 0.25) is 0 Å². The van der Waals surface area contributed by atoms with Crippen LogP contribution < -0.4 is 16.2 Å². The molecule has 1 fully saturated rings. The summed E-state index contributed by atoms with van der Waals surface area (Å²) in [6.45, 7) is 7.93. The number of hydrogen-bond donors (Lipinski definition) is 3. The largest absolute Gasteiger partial charge is 0.353 e. The zero-order valence-electron chi connectivity index (χ0n) is 16.2. The van der Waals surface area contributed by atoms with E-state index in [-0.39, 0.29) is 42.3 Å². The van der Waals surface area contributed by atoms with Gasteiger partial charge in [0.05, 0.1) is 5.39 Å².